The summed E-state index contributed by atoms with van der Waals surface area (Å²) >= 11 is 0. The van der Waals surface area contributed by atoms with Gasteiger partial charge in [-0.25, -0.2) is 4.79 Å². The molecule has 0 aromatic carbocycles. The van der Waals surface area contributed by atoms with Gasteiger partial charge in [0.1, 0.15) is 23.4 Å². The summed E-state index contributed by atoms with van der Waals surface area (Å²) < 4.78 is 30.0. The zero-order chi connectivity index (χ0) is 33.7. The lowest BCUT2D eigenvalue weighted by molar-refractivity contribution is -0.211. The standard InChI is InChI=1S/C34H52O11/c1-9-12-13-14-15-17-25(37)43-29-27-26(21(5)28(29)44-31(38)20(4)11-3)30-34(40,33(8,39)19-41-30)23(42-24(36)16-10-2)18-32(27,7)45-22(6)35/h11,23,27-30,39-40H,9-10,12-19H2,1-8H3/b20-11+/t23-,27+,28-,29-,30-,32-,33+,34+/m0/s1. The highest BCUT2D eigenvalue weighted by Gasteiger charge is 2.72. The Bertz CT molecular complexity index is 1190. The molecule has 0 aromatic heterocycles. The fourth-order valence-corrected chi connectivity index (χ4v) is 7.00. The maximum Gasteiger partial charge on any atom is 0.334 e. The molecule has 1 aliphatic heterocycles. The van der Waals surface area contributed by atoms with Crippen LogP contribution in [0.2, 0.25) is 0 Å². The van der Waals surface area contributed by atoms with E-state index in [0.29, 0.717) is 29.6 Å². The molecule has 0 spiro atoms. The van der Waals surface area contributed by atoms with Gasteiger partial charge in [-0.05, 0) is 58.6 Å². The molecule has 0 radical (unpaired) electrons. The molecule has 3 aliphatic rings. The van der Waals surface area contributed by atoms with Crippen LogP contribution in [-0.4, -0.2) is 81.9 Å². The number of carbonyl (C=O) groups excluding carboxylic acids is 4. The number of aliphatic hydroxyl groups is 2. The topological polar surface area (TPSA) is 155 Å². The highest BCUT2D eigenvalue weighted by molar-refractivity contribution is 5.88. The zero-order valence-electron chi connectivity index (χ0n) is 28.1. The van der Waals surface area contributed by atoms with Crippen molar-refractivity contribution in [1.29, 1.82) is 0 Å². The van der Waals surface area contributed by atoms with Gasteiger partial charge in [0.15, 0.2) is 17.8 Å². The van der Waals surface area contributed by atoms with Gasteiger partial charge in [0.25, 0.3) is 0 Å². The molecular formula is C34H52O11. The van der Waals surface area contributed by atoms with Crippen LogP contribution in [0.15, 0.2) is 22.8 Å². The maximum absolute atomic E-state index is 13.3. The lowest BCUT2D eigenvalue weighted by Crippen LogP contribution is -2.63. The summed E-state index contributed by atoms with van der Waals surface area (Å²) in [6.45, 7) is 12.8. The molecule has 3 rings (SSSR count). The second-order valence-corrected chi connectivity index (χ2v) is 13.2. The van der Waals surface area contributed by atoms with Crippen molar-refractivity contribution in [3.8, 4) is 0 Å². The third kappa shape index (κ3) is 7.46. The van der Waals surface area contributed by atoms with E-state index in [-0.39, 0.29) is 25.9 Å². The highest BCUT2D eigenvalue weighted by atomic mass is 16.6. The van der Waals surface area contributed by atoms with E-state index in [4.69, 9.17) is 23.7 Å². The van der Waals surface area contributed by atoms with Crippen LogP contribution in [0.4, 0.5) is 0 Å². The van der Waals surface area contributed by atoms with E-state index >= 15 is 0 Å². The molecule has 2 fully saturated rings. The van der Waals surface area contributed by atoms with E-state index in [1.54, 1.807) is 33.8 Å². The van der Waals surface area contributed by atoms with Crippen LogP contribution < -0.4 is 0 Å². The molecule has 1 saturated heterocycles. The quantitative estimate of drug-likeness (QED) is 0.0972. The van der Waals surface area contributed by atoms with Gasteiger partial charge in [0.2, 0.25) is 0 Å². The van der Waals surface area contributed by atoms with E-state index in [0.717, 1.165) is 25.7 Å². The summed E-state index contributed by atoms with van der Waals surface area (Å²) in [4.78, 5) is 51.9. The number of unbranched alkanes of at least 4 members (excludes halogenated alkanes) is 4. The first kappa shape index (κ1) is 36.7. The van der Waals surface area contributed by atoms with E-state index in [9.17, 15) is 29.4 Å². The highest BCUT2D eigenvalue weighted by Crippen LogP contribution is 2.57. The molecule has 0 bridgehead atoms. The first-order valence-electron chi connectivity index (χ1n) is 16.3. The predicted molar refractivity (Wildman–Crippen MR) is 164 cm³/mol. The second-order valence-electron chi connectivity index (χ2n) is 13.2. The lowest BCUT2D eigenvalue weighted by atomic mass is 9.75. The third-order valence-corrected chi connectivity index (χ3v) is 9.51. The number of hydrogen-bond acceptors (Lipinski definition) is 11. The minimum absolute atomic E-state index is 0.0660. The number of rotatable bonds is 13. The molecule has 0 amide bonds. The van der Waals surface area contributed by atoms with E-state index in [1.165, 1.54) is 13.8 Å². The Morgan fingerprint density at radius 3 is 2.18 bits per heavy atom. The summed E-state index contributed by atoms with van der Waals surface area (Å²) in [5.41, 5.74) is -4.50. The normalized spacial score (nSPS) is 34.4. The first-order chi connectivity index (χ1) is 21.1. The number of carbonyl (C=O) groups is 4. The minimum atomic E-state index is -2.19. The Hall–Kier alpha value is -2.76. The lowest BCUT2D eigenvalue weighted by Gasteiger charge is -2.43. The van der Waals surface area contributed by atoms with E-state index < -0.39 is 71.0 Å². The maximum atomic E-state index is 13.3. The Morgan fingerprint density at radius 1 is 0.933 bits per heavy atom. The van der Waals surface area contributed by atoms with Crippen molar-refractivity contribution in [3.63, 3.8) is 0 Å². The molecule has 11 nitrogen and oxygen atoms in total. The summed E-state index contributed by atoms with van der Waals surface area (Å²) in [5, 5.41) is 24.0. The van der Waals surface area contributed by atoms with Crippen LogP contribution in [0.3, 0.4) is 0 Å². The van der Waals surface area contributed by atoms with Gasteiger partial charge in [-0.2, -0.15) is 0 Å². The molecule has 1 heterocycles. The number of hydrogen-bond donors (Lipinski definition) is 2. The zero-order valence-corrected chi connectivity index (χ0v) is 28.1. The minimum Gasteiger partial charge on any atom is -0.459 e. The molecule has 8 atom stereocenters. The number of ether oxygens (including phenoxy) is 5. The number of esters is 4. The van der Waals surface area contributed by atoms with Crippen LogP contribution in [-0.2, 0) is 42.9 Å². The molecule has 0 unspecified atom stereocenters. The fourth-order valence-electron chi connectivity index (χ4n) is 7.00. The monoisotopic (exact) mass is 636 g/mol. The number of allylic oxidation sites excluding steroid dienone is 1. The van der Waals surface area contributed by atoms with Crippen molar-refractivity contribution >= 4 is 23.9 Å². The third-order valence-electron chi connectivity index (χ3n) is 9.51. The Morgan fingerprint density at radius 2 is 1.58 bits per heavy atom. The molecule has 0 aromatic rings. The van der Waals surface area contributed by atoms with Crippen LogP contribution in [0.1, 0.15) is 113 Å². The Labute approximate surface area is 266 Å². The van der Waals surface area contributed by atoms with Gasteiger partial charge in [0, 0.05) is 31.8 Å². The van der Waals surface area contributed by atoms with Gasteiger partial charge in [-0.1, -0.05) is 45.6 Å². The smallest absolute Gasteiger partial charge is 0.334 e. The second kappa shape index (κ2) is 14.8. The van der Waals surface area contributed by atoms with E-state index in [1.807, 2.05) is 6.92 Å². The van der Waals surface area contributed by atoms with Gasteiger partial charge in [-0.15, -0.1) is 0 Å². The van der Waals surface area contributed by atoms with Gasteiger partial charge < -0.3 is 33.9 Å². The van der Waals surface area contributed by atoms with Crippen molar-refractivity contribution in [1.82, 2.24) is 0 Å². The van der Waals surface area contributed by atoms with Crippen molar-refractivity contribution in [3.05, 3.63) is 22.8 Å². The molecular weight excluding hydrogens is 584 g/mol. The molecule has 254 valence electrons. The van der Waals surface area contributed by atoms with Crippen LogP contribution in [0.25, 0.3) is 0 Å². The van der Waals surface area contributed by atoms with Crippen LogP contribution >= 0.6 is 0 Å². The van der Waals surface area contributed by atoms with Crippen molar-refractivity contribution in [2.24, 2.45) is 5.92 Å². The van der Waals surface area contributed by atoms with Gasteiger partial charge >= 0.3 is 23.9 Å². The summed E-state index contributed by atoms with van der Waals surface area (Å²) in [6, 6.07) is 0. The molecule has 11 heteroatoms. The van der Waals surface area contributed by atoms with Gasteiger partial charge in [0.05, 0.1) is 12.5 Å². The molecule has 45 heavy (non-hydrogen) atoms. The number of fused-ring (bicyclic) bond motifs is 3. The summed E-state index contributed by atoms with van der Waals surface area (Å²) in [5.74, 6) is -3.38. The average Bonchev–Trinajstić information content (AvgIpc) is 3.33. The molecule has 2 aliphatic carbocycles. The van der Waals surface area contributed by atoms with Crippen molar-refractivity contribution < 1.29 is 53.1 Å². The summed E-state index contributed by atoms with van der Waals surface area (Å²) in [6.07, 6.45) is 1.72. The summed E-state index contributed by atoms with van der Waals surface area (Å²) in [7, 11) is 0. The molecule has 2 N–H and O–H groups in total. The van der Waals surface area contributed by atoms with Gasteiger partial charge in [-0.3, -0.25) is 14.4 Å². The van der Waals surface area contributed by atoms with Crippen molar-refractivity contribution in [2.45, 2.75) is 154 Å². The SMILES string of the molecule is C/C=C(\C)C(=O)O[C@H]1C(C)=C2[C@H]([C@@H]1OC(=O)CCCCCCC)[C@@](C)(OC(C)=O)C[C@H](OC(=O)CCC)[C@@]1(O)[C@H]2OC[C@@]1(C)O. The first-order valence-corrected chi connectivity index (χ1v) is 16.3. The Balaban J connectivity index is 2.19. The van der Waals surface area contributed by atoms with Crippen LogP contribution in [0, 0.1) is 5.92 Å². The molecule has 1 saturated carbocycles. The van der Waals surface area contributed by atoms with Crippen LogP contribution in [0.5, 0.6) is 0 Å². The largest absolute Gasteiger partial charge is 0.459 e. The van der Waals surface area contributed by atoms with Crippen molar-refractivity contribution in [2.75, 3.05) is 6.61 Å². The average molecular weight is 637 g/mol. The fraction of sp³-hybridized carbons (Fsp3) is 0.765. The predicted octanol–water partition coefficient (Wildman–Crippen LogP) is 4.40. The van der Waals surface area contributed by atoms with E-state index in [2.05, 4.69) is 6.92 Å². The Kier molecular flexibility index (Phi) is 12.0.